The van der Waals surface area contributed by atoms with Gasteiger partial charge in [0.25, 0.3) is 11.7 Å². The van der Waals surface area contributed by atoms with Crippen LogP contribution >= 0.6 is 39.0 Å². The van der Waals surface area contributed by atoms with E-state index in [0.29, 0.717) is 17.4 Å². The molecule has 0 aliphatic heterocycles. The quantitative estimate of drug-likeness (QED) is 0.592. The molecule has 1 aromatic heterocycles. The molecule has 9 heteroatoms. The summed E-state index contributed by atoms with van der Waals surface area (Å²) in [4.78, 5) is 24.5. The number of halogens is 3. The lowest BCUT2D eigenvalue weighted by Crippen LogP contribution is -2.27. The maximum Gasteiger partial charge on any atom is 0.288 e. The van der Waals surface area contributed by atoms with Gasteiger partial charge in [-0.3, -0.25) is 9.59 Å². The van der Waals surface area contributed by atoms with E-state index < -0.39 is 11.7 Å². The number of amides is 2. The minimum Gasteiger partial charge on any atom is -0.351 e. The highest BCUT2D eigenvalue weighted by atomic mass is 79.9. The minimum atomic E-state index is -2.58. The van der Waals surface area contributed by atoms with Crippen LogP contribution in [-0.2, 0) is 4.79 Å². The number of hydrogen-bond acceptors (Lipinski definition) is 4. The van der Waals surface area contributed by atoms with Crippen molar-refractivity contribution in [2.75, 3.05) is 11.9 Å². The third-order valence-corrected chi connectivity index (χ3v) is 5.47. The van der Waals surface area contributed by atoms with Gasteiger partial charge in [-0.05, 0) is 36.1 Å². The van der Waals surface area contributed by atoms with Gasteiger partial charge in [0.1, 0.15) is 4.88 Å². The fourth-order valence-electron chi connectivity index (χ4n) is 1.96. The van der Waals surface area contributed by atoms with Crippen molar-refractivity contribution in [1.29, 1.82) is 0 Å². The molecule has 4 nitrogen and oxygen atoms in total. The number of alkyl halides is 2. The highest BCUT2D eigenvalue weighted by Gasteiger charge is 2.17. The molecular weight excluding hydrogens is 434 g/mol. The third kappa shape index (κ3) is 6.09. The second-order valence-corrected chi connectivity index (χ2v) is 7.87. The number of thioether (sulfide) groups is 1. The molecule has 2 N–H and O–H groups in total. The first-order valence-corrected chi connectivity index (χ1v) is 9.78. The average Bonchev–Trinajstić information content (AvgIpc) is 2.98. The number of aryl methyl sites for hydroxylation is 1. The average molecular weight is 449 g/mol. The van der Waals surface area contributed by atoms with Crippen LogP contribution in [0.2, 0.25) is 0 Å². The molecule has 0 bridgehead atoms. The lowest BCUT2D eigenvalue weighted by atomic mass is 10.2. The fraction of sp³-hybridized carbons (Fsp3) is 0.250. The van der Waals surface area contributed by atoms with E-state index in [0.717, 1.165) is 21.4 Å². The number of carbonyl (C=O) groups excluding carboxylic acids is 2. The van der Waals surface area contributed by atoms with Crippen molar-refractivity contribution in [2.45, 2.75) is 24.0 Å². The van der Waals surface area contributed by atoms with Crippen LogP contribution in [0.1, 0.15) is 21.7 Å². The Kier molecular flexibility index (Phi) is 7.39. The molecule has 2 amide bonds. The number of anilines is 1. The molecule has 0 unspecified atom stereocenters. The van der Waals surface area contributed by atoms with Gasteiger partial charge in [0.05, 0.1) is 0 Å². The van der Waals surface area contributed by atoms with Crippen LogP contribution in [-0.4, -0.2) is 24.1 Å². The van der Waals surface area contributed by atoms with E-state index in [1.165, 1.54) is 6.07 Å². The number of benzene rings is 1. The minimum absolute atomic E-state index is 0.0837. The predicted octanol–water partition coefficient (Wildman–Crippen LogP) is 4.89. The van der Waals surface area contributed by atoms with Crippen molar-refractivity contribution in [3.8, 4) is 0 Å². The number of nitrogens with one attached hydrogen (secondary N) is 2. The van der Waals surface area contributed by atoms with Crippen molar-refractivity contribution >= 4 is 56.5 Å². The molecule has 0 aliphatic rings. The Bertz CT molecular complexity index is 768. The molecule has 0 atom stereocenters. The van der Waals surface area contributed by atoms with Crippen LogP contribution in [0.25, 0.3) is 0 Å². The predicted molar refractivity (Wildman–Crippen MR) is 101 cm³/mol. The van der Waals surface area contributed by atoms with Crippen LogP contribution in [0, 0.1) is 6.92 Å². The van der Waals surface area contributed by atoms with Crippen LogP contribution in [0.3, 0.4) is 0 Å². The molecule has 0 saturated heterocycles. The van der Waals surface area contributed by atoms with Gasteiger partial charge in [0.15, 0.2) is 0 Å². The van der Waals surface area contributed by atoms with Gasteiger partial charge in [0.2, 0.25) is 5.91 Å². The van der Waals surface area contributed by atoms with E-state index in [2.05, 4.69) is 26.6 Å². The van der Waals surface area contributed by atoms with Crippen LogP contribution < -0.4 is 10.6 Å². The van der Waals surface area contributed by atoms with Crippen LogP contribution in [0.4, 0.5) is 14.5 Å². The number of rotatable bonds is 7. The van der Waals surface area contributed by atoms with Crippen molar-refractivity contribution in [3.63, 3.8) is 0 Å². The van der Waals surface area contributed by atoms with Crippen molar-refractivity contribution in [1.82, 2.24) is 5.32 Å². The number of hydrogen-bond donors (Lipinski definition) is 2. The molecule has 2 aromatic rings. The molecule has 0 radical (unpaired) electrons. The van der Waals surface area contributed by atoms with Gasteiger partial charge < -0.3 is 10.6 Å². The largest absolute Gasteiger partial charge is 0.351 e. The zero-order chi connectivity index (χ0) is 18.4. The van der Waals surface area contributed by atoms with E-state index in [1.54, 1.807) is 11.4 Å². The highest BCUT2D eigenvalue weighted by molar-refractivity contribution is 9.10. The first-order chi connectivity index (χ1) is 11.9. The molecule has 0 spiro atoms. The molecule has 2 rings (SSSR count). The second-order valence-electron chi connectivity index (χ2n) is 5.01. The van der Waals surface area contributed by atoms with Gasteiger partial charge in [-0.2, -0.15) is 8.78 Å². The molecule has 0 aliphatic carbocycles. The first kappa shape index (κ1) is 19.9. The van der Waals surface area contributed by atoms with Crippen LogP contribution in [0.15, 0.2) is 39.0 Å². The lowest BCUT2D eigenvalue weighted by Gasteiger charge is -2.09. The Balaban J connectivity index is 1.84. The zero-order valence-electron chi connectivity index (χ0n) is 13.1. The highest BCUT2D eigenvalue weighted by Crippen LogP contribution is 2.31. The van der Waals surface area contributed by atoms with Gasteiger partial charge in [0, 0.05) is 28.0 Å². The third-order valence-electron chi connectivity index (χ3n) is 3.16. The monoisotopic (exact) mass is 448 g/mol. The summed E-state index contributed by atoms with van der Waals surface area (Å²) in [5, 5.41) is 6.95. The van der Waals surface area contributed by atoms with Crippen molar-refractivity contribution in [2.24, 2.45) is 0 Å². The van der Waals surface area contributed by atoms with E-state index in [-0.39, 0.29) is 28.6 Å². The topological polar surface area (TPSA) is 58.2 Å². The summed E-state index contributed by atoms with van der Waals surface area (Å²) in [5.41, 5.74) is 1.62. The fourth-order valence-corrected chi connectivity index (χ4v) is 3.94. The maximum absolute atomic E-state index is 12.4. The van der Waals surface area contributed by atoms with E-state index in [1.807, 2.05) is 19.1 Å². The van der Waals surface area contributed by atoms with Gasteiger partial charge >= 0.3 is 0 Å². The Morgan fingerprint density at radius 1 is 1.32 bits per heavy atom. The van der Waals surface area contributed by atoms with E-state index in [4.69, 9.17) is 0 Å². The van der Waals surface area contributed by atoms with Crippen molar-refractivity contribution in [3.05, 3.63) is 44.6 Å². The maximum atomic E-state index is 12.4. The summed E-state index contributed by atoms with van der Waals surface area (Å²) in [6.07, 6.45) is 0.0837. The van der Waals surface area contributed by atoms with E-state index in [9.17, 15) is 18.4 Å². The van der Waals surface area contributed by atoms with Gasteiger partial charge in [-0.1, -0.05) is 33.8 Å². The summed E-state index contributed by atoms with van der Waals surface area (Å²) < 4.78 is 25.7. The molecule has 0 fully saturated rings. The molecule has 25 heavy (non-hydrogen) atoms. The molecule has 0 saturated carbocycles. The Morgan fingerprint density at radius 3 is 2.80 bits per heavy atom. The zero-order valence-corrected chi connectivity index (χ0v) is 16.4. The van der Waals surface area contributed by atoms with Crippen molar-refractivity contribution < 1.29 is 18.4 Å². The molecule has 134 valence electrons. The van der Waals surface area contributed by atoms with Gasteiger partial charge in [-0.25, -0.2) is 0 Å². The number of carbonyl (C=O) groups is 2. The van der Waals surface area contributed by atoms with Gasteiger partial charge in [-0.15, -0.1) is 11.3 Å². The Morgan fingerprint density at radius 2 is 2.08 bits per heavy atom. The number of thiophene rings is 1. The Labute approximate surface area is 160 Å². The first-order valence-electron chi connectivity index (χ1n) is 7.23. The molecule has 1 aromatic carbocycles. The summed E-state index contributed by atoms with van der Waals surface area (Å²) in [5.74, 6) is -3.28. The standard InChI is InChI=1S/C16H15BrF2N2O2S2/c1-9-2-3-10(17)8-11(9)21-13(22)4-6-20-15(23)14-12(5-7-24-14)25-16(18)19/h2-3,5,7-8,16H,4,6H2,1H3,(H,20,23)(H,21,22). The molecular formula is C16H15BrF2N2O2S2. The summed E-state index contributed by atoms with van der Waals surface area (Å²) in [7, 11) is 0. The van der Waals surface area contributed by atoms with Crippen LogP contribution in [0.5, 0.6) is 0 Å². The summed E-state index contributed by atoms with van der Waals surface area (Å²) in [6, 6.07) is 7.03. The van der Waals surface area contributed by atoms with E-state index >= 15 is 0 Å². The normalized spacial score (nSPS) is 10.8. The Hall–Kier alpha value is -1.45. The summed E-state index contributed by atoms with van der Waals surface area (Å²) >= 11 is 4.77. The smallest absolute Gasteiger partial charge is 0.288 e. The lowest BCUT2D eigenvalue weighted by molar-refractivity contribution is -0.116. The summed E-state index contributed by atoms with van der Waals surface area (Å²) in [6.45, 7) is 2.00. The second kappa shape index (κ2) is 9.30. The molecule has 1 heterocycles. The SMILES string of the molecule is Cc1ccc(Br)cc1NC(=O)CCNC(=O)c1sccc1SC(F)F.